The Labute approximate surface area is 183 Å². The fourth-order valence-corrected chi connectivity index (χ4v) is 4.74. The van der Waals surface area contributed by atoms with Gasteiger partial charge in [0.1, 0.15) is 5.60 Å². The molecule has 3 aliphatic rings. The maximum Gasteiger partial charge on any atom is 0.254 e. The Balaban J connectivity index is 1.22. The predicted molar refractivity (Wildman–Crippen MR) is 119 cm³/mol. The quantitative estimate of drug-likeness (QED) is 0.830. The maximum atomic E-state index is 13.0. The Hall–Kier alpha value is -2.86. The number of rotatable bonds is 3. The molecule has 1 atom stereocenters. The van der Waals surface area contributed by atoms with Crippen LogP contribution in [0.4, 0.5) is 5.69 Å². The smallest absolute Gasteiger partial charge is 0.254 e. The van der Waals surface area contributed by atoms with Crippen LogP contribution in [0.5, 0.6) is 0 Å². The van der Waals surface area contributed by atoms with Crippen LogP contribution in [0.15, 0.2) is 48.5 Å². The van der Waals surface area contributed by atoms with E-state index in [0.29, 0.717) is 50.6 Å². The van der Waals surface area contributed by atoms with E-state index in [1.54, 1.807) is 9.80 Å². The van der Waals surface area contributed by atoms with Gasteiger partial charge < -0.3 is 19.8 Å². The van der Waals surface area contributed by atoms with Gasteiger partial charge in [-0.1, -0.05) is 24.3 Å². The average molecular weight is 420 g/mol. The molecular formula is C25H29N3O3. The molecule has 31 heavy (non-hydrogen) atoms. The summed E-state index contributed by atoms with van der Waals surface area (Å²) in [4.78, 5) is 31.1. The highest BCUT2D eigenvalue weighted by Gasteiger charge is 2.50. The maximum absolute atomic E-state index is 13.0. The minimum atomic E-state index is -1.13. The van der Waals surface area contributed by atoms with Crippen LogP contribution in [0.1, 0.15) is 41.3 Å². The van der Waals surface area contributed by atoms with Crippen molar-refractivity contribution in [1.82, 2.24) is 9.80 Å². The molecule has 2 aromatic rings. The number of hydrogen-bond donors (Lipinski definition) is 1. The first-order chi connectivity index (χ1) is 14.9. The molecule has 1 saturated heterocycles. The monoisotopic (exact) mass is 419 g/mol. The second-order valence-electron chi connectivity index (χ2n) is 9.11. The summed E-state index contributed by atoms with van der Waals surface area (Å²) in [5, 5.41) is 10.0. The summed E-state index contributed by atoms with van der Waals surface area (Å²) in [6, 6.07) is 16.9. The van der Waals surface area contributed by atoms with E-state index in [1.165, 1.54) is 11.1 Å². The van der Waals surface area contributed by atoms with Crippen LogP contribution < -0.4 is 4.90 Å². The van der Waals surface area contributed by atoms with E-state index in [1.807, 2.05) is 24.3 Å². The van der Waals surface area contributed by atoms with E-state index in [4.69, 9.17) is 0 Å². The molecule has 0 bridgehead atoms. The van der Waals surface area contributed by atoms with Crippen molar-refractivity contribution in [3.05, 3.63) is 65.2 Å². The van der Waals surface area contributed by atoms with Crippen LogP contribution in [0.2, 0.25) is 0 Å². The molecule has 0 spiro atoms. The highest BCUT2D eigenvalue weighted by molar-refractivity contribution is 5.95. The highest BCUT2D eigenvalue weighted by Crippen LogP contribution is 2.37. The van der Waals surface area contributed by atoms with Gasteiger partial charge in [-0.2, -0.15) is 0 Å². The molecule has 2 fully saturated rings. The molecule has 5 rings (SSSR count). The summed E-state index contributed by atoms with van der Waals surface area (Å²) in [6.07, 6.45) is 2.13. The molecule has 0 aromatic heterocycles. The number of carbonyl (C=O) groups excluding carboxylic acids is 2. The fourth-order valence-electron chi connectivity index (χ4n) is 4.74. The van der Waals surface area contributed by atoms with Gasteiger partial charge in [0.2, 0.25) is 0 Å². The Morgan fingerprint density at radius 1 is 0.903 bits per heavy atom. The van der Waals surface area contributed by atoms with Gasteiger partial charge in [0.15, 0.2) is 0 Å². The standard InChI is InChI=1S/C25H29N3O3/c1-18-16-20-4-2-3-5-21(20)17-28(18)22-8-6-19(7-9-22)23(29)26-12-14-27(15-13-26)24(30)25(31)10-11-25/h2-9,18,31H,10-17H2,1H3. The van der Waals surface area contributed by atoms with Gasteiger partial charge >= 0.3 is 0 Å². The van der Waals surface area contributed by atoms with Gasteiger partial charge in [0, 0.05) is 50.0 Å². The summed E-state index contributed by atoms with van der Waals surface area (Å²) in [5.41, 5.74) is 3.46. The van der Waals surface area contributed by atoms with E-state index in [9.17, 15) is 14.7 Å². The number of anilines is 1. The summed E-state index contributed by atoms with van der Waals surface area (Å²) in [6.45, 7) is 5.09. The molecule has 2 aromatic carbocycles. The van der Waals surface area contributed by atoms with E-state index < -0.39 is 5.60 Å². The molecule has 0 radical (unpaired) electrons. The van der Waals surface area contributed by atoms with Gasteiger partial charge in [-0.05, 0) is 61.6 Å². The largest absolute Gasteiger partial charge is 0.380 e. The molecule has 1 aliphatic carbocycles. The SMILES string of the molecule is CC1Cc2ccccc2CN1c1ccc(C(=O)N2CCN(C(=O)C3(O)CC3)CC2)cc1. The first-order valence-corrected chi connectivity index (χ1v) is 11.2. The van der Waals surface area contributed by atoms with Gasteiger partial charge in [0.05, 0.1) is 0 Å². The lowest BCUT2D eigenvalue weighted by Crippen LogP contribution is -2.53. The van der Waals surface area contributed by atoms with Crippen molar-refractivity contribution in [2.45, 2.75) is 44.4 Å². The molecule has 1 saturated carbocycles. The zero-order valence-corrected chi connectivity index (χ0v) is 18.0. The van der Waals surface area contributed by atoms with Gasteiger partial charge in [-0.15, -0.1) is 0 Å². The number of nitrogens with zero attached hydrogens (tertiary/aromatic N) is 3. The predicted octanol–water partition coefficient (Wildman–Crippen LogP) is 2.45. The van der Waals surface area contributed by atoms with Crippen molar-refractivity contribution in [2.24, 2.45) is 0 Å². The van der Waals surface area contributed by atoms with E-state index >= 15 is 0 Å². The normalized spacial score (nSPS) is 22.1. The van der Waals surface area contributed by atoms with Crippen LogP contribution in [0.25, 0.3) is 0 Å². The zero-order chi connectivity index (χ0) is 21.6. The summed E-state index contributed by atoms with van der Waals surface area (Å²) >= 11 is 0. The fraction of sp³-hybridized carbons (Fsp3) is 0.440. The second-order valence-corrected chi connectivity index (χ2v) is 9.11. The lowest BCUT2D eigenvalue weighted by atomic mass is 9.94. The molecule has 6 nitrogen and oxygen atoms in total. The third kappa shape index (κ3) is 3.81. The number of piperazine rings is 1. The Morgan fingerprint density at radius 3 is 2.16 bits per heavy atom. The molecule has 1 N–H and O–H groups in total. The minimum Gasteiger partial charge on any atom is -0.380 e. The Bertz CT molecular complexity index is 991. The lowest BCUT2D eigenvalue weighted by molar-refractivity contribution is -0.143. The van der Waals surface area contributed by atoms with Crippen molar-refractivity contribution >= 4 is 17.5 Å². The van der Waals surface area contributed by atoms with Crippen LogP contribution >= 0.6 is 0 Å². The summed E-state index contributed by atoms with van der Waals surface area (Å²) in [5.74, 6) is -0.179. The third-order valence-electron chi connectivity index (χ3n) is 6.93. The Morgan fingerprint density at radius 2 is 1.52 bits per heavy atom. The van der Waals surface area contributed by atoms with Crippen molar-refractivity contribution in [3.63, 3.8) is 0 Å². The topological polar surface area (TPSA) is 64.1 Å². The van der Waals surface area contributed by atoms with E-state index in [-0.39, 0.29) is 11.8 Å². The molecule has 162 valence electrons. The molecule has 2 heterocycles. The number of hydrogen-bond acceptors (Lipinski definition) is 4. The van der Waals surface area contributed by atoms with Gasteiger partial charge in [-0.3, -0.25) is 9.59 Å². The minimum absolute atomic E-state index is 0.000760. The zero-order valence-electron chi connectivity index (χ0n) is 18.0. The number of benzene rings is 2. The van der Waals surface area contributed by atoms with Gasteiger partial charge in [-0.25, -0.2) is 0 Å². The molecule has 2 aliphatic heterocycles. The van der Waals surface area contributed by atoms with Crippen LogP contribution in [0.3, 0.4) is 0 Å². The first kappa shape index (κ1) is 20.1. The molecular weight excluding hydrogens is 390 g/mol. The second kappa shape index (κ2) is 7.68. The molecule has 6 heteroatoms. The van der Waals surface area contributed by atoms with Crippen molar-refractivity contribution in [3.8, 4) is 0 Å². The van der Waals surface area contributed by atoms with Crippen LogP contribution in [-0.4, -0.2) is 64.5 Å². The molecule has 2 amide bonds. The van der Waals surface area contributed by atoms with Crippen LogP contribution in [-0.2, 0) is 17.8 Å². The van der Waals surface area contributed by atoms with Crippen molar-refractivity contribution < 1.29 is 14.7 Å². The van der Waals surface area contributed by atoms with Crippen molar-refractivity contribution in [2.75, 3.05) is 31.1 Å². The highest BCUT2D eigenvalue weighted by atomic mass is 16.3. The van der Waals surface area contributed by atoms with E-state index in [2.05, 4.69) is 36.1 Å². The number of aliphatic hydroxyl groups is 1. The Kier molecular flexibility index (Phi) is 4.97. The third-order valence-corrected chi connectivity index (χ3v) is 6.93. The number of amides is 2. The average Bonchev–Trinajstić information content (AvgIpc) is 3.56. The van der Waals surface area contributed by atoms with Gasteiger partial charge in [0.25, 0.3) is 11.8 Å². The summed E-state index contributed by atoms with van der Waals surface area (Å²) in [7, 11) is 0. The van der Waals surface area contributed by atoms with Crippen molar-refractivity contribution in [1.29, 1.82) is 0 Å². The number of fused-ring (bicyclic) bond motifs is 1. The number of carbonyl (C=O) groups is 2. The van der Waals surface area contributed by atoms with E-state index in [0.717, 1.165) is 18.7 Å². The lowest BCUT2D eigenvalue weighted by Gasteiger charge is -2.37. The summed E-state index contributed by atoms with van der Waals surface area (Å²) < 4.78 is 0. The molecule has 1 unspecified atom stereocenters. The first-order valence-electron chi connectivity index (χ1n) is 11.2. The van der Waals surface area contributed by atoms with Crippen LogP contribution in [0, 0.1) is 0 Å².